The van der Waals surface area contributed by atoms with Gasteiger partial charge in [0.05, 0.1) is 0 Å². The Balaban J connectivity index is 1.96. The number of aliphatic hydroxyl groups is 1. The number of aromatic nitrogens is 1. The van der Waals surface area contributed by atoms with Gasteiger partial charge in [0.1, 0.15) is 11.0 Å². The molecule has 1 saturated heterocycles. The number of halogens is 1. The summed E-state index contributed by atoms with van der Waals surface area (Å²) in [5.41, 5.74) is 0. The van der Waals surface area contributed by atoms with Crippen molar-refractivity contribution in [1.29, 1.82) is 0 Å². The first-order chi connectivity index (χ1) is 9.28. The first kappa shape index (κ1) is 12.7. The van der Waals surface area contributed by atoms with Crippen LogP contribution in [-0.2, 0) is 0 Å². The number of hydrogen-bond acceptors (Lipinski definition) is 3. The summed E-state index contributed by atoms with van der Waals surface area (Å²) in [6.45, 7) is 2.09. The Bertz CT molecular complexity index is 587. The van der Waals surface area contributed by atoms with Crippen LogP contribution in [0.3, 0.4) is 0 Å². The van der Waals surface area contributed by atoms with E-state index >= 15 is 0 Å². The number of nitrogens with zero attached hydrogens (tertiary/aromatic N) is 2. The lowest BCUT2D eigenvalue weighted by Crippen LogP contribution is -2.37. The van der Waals surface area contributed by atoms with E-state index in [0.29, 0.717) is 11.1 Å². The molecular weight excluding hydrogens is 260 g/mol. The molecule has 0 saturated carbocycles. The number of aliphatic hydroxyl groups excluding tert-OH is 1. The number of pyridine rings is 1. The Kier molecular flexibility index (Phi) is 3.58. The van der Waals surface area contributed by atoms with E-state index in [2.05, 4.69) is 22.0 Å². The van der Waals surface area contributed by atoms with Gasteiger partial charge in [0.25, 0.3) is 0 Å². The zero-order chi connectivity index (χ0) is 13.2. The van der Waals surface area contributed by atoms with Crippen LogP contribution in [0.2, 0.25) is 5.15 Å². The van der Waals surface area contributed by atoms with E-state index in [1.165, 1.54) is 0 Å². The Morgan fingerprint density at radius 1 is 1.37 bits per heavy atom. The largest absolute Gasteiger partial charge is 0.396 e. The van der Waals surface area contributed by atoms with E-state index in [1.807, 2.05) is 18.2 Å². The van der Waals surface area contributed by atoms with Crippen molar-refractivity contribution >= 4 is 28.2 Å². The van der Waals surface area contributed by atoms with Gasteiger partial charge in [-0.25, -0.2) is 4.98 Å². The Morgan fingerprint density at radius 2 is 2.21 bits per heavy atom. The SMILES string of the molecule is OC[C@@H]1CCCN(c2cc3ccccc3c(Cl)n2)C1. The topological polar surface area (TPSA) is 36.4 Å². The molecule has 0 spiro atoms. The van der Waals surface area contributed by atoms with Gasteiger partial charge in [0.2, 0.25) is 0 Å². The minimum Gasteiger partial charge on any atom is -0.396 e. The van der Waals surface area contributed by atoms with E-state index < -0.39 is 0 Å². The number of piperidine rings is 1. The van der Waals surface area contributed by atoms with Gasteiger partial charge in [0.15, 0.2) is 0 Å². The maximum absolute atomic E-state index is 9.31. The van der Waals surface area contributed by atoms with Crippen LogP contribution in [0.15, 0.2) is 30.3 Å². The number of fused-ring (bicyclic) bond motifs is 1. The fraction of sp³-hybridized carbons (Fsp3) is 0.400. The third-order valence-corrected chi connectivity index (χ3v) is 4.07. The fourth-order valence-corrected chi connectivity index (χ4v) is 2.99. The molecule has 1 aliphatic rings. The molecule has 3 nitrogen and oxygen atoms in total. The van der Waals surface area contributed by atoms with E-state index in [9.17, 15) is 5.11 Å². The van der Waals surface area contributed by atoms with Gasteiger partial charge in [0, 0.05) is 25.1 Å². The van der Waals surface area contributed by atoms with E-state index in [-0.39, 0.29) is 6.61 Å². The van der Waals surface area contributed by atoms with E-state index in [1.54, 1.807) is 0 Å². The van der Waals surface area contributed by atoms with Gasteiger partial charge in [-0.15, -0.1) is 0 Å². The van der Waals surface area contributed by atoms with Crippen LogP contribution in [-0.4, -0.2) is 29.8 Å². The van der Waals surface area contributed by atoms with Crippen LogP contribution in [0.25, 0.3) is 10.8 Å². The summed E-state index contributed by atoms with van der Waals surface area (Å²) in [6.07, 6.45) is 2.19. The standard InChI is InChI=1S/C15H17ClN2O/c16-15-13-6-2-1-5-12(13)8-14(17-15)18-7-3-4-11(9-18)10-19/h1-2,5-6,8,11,19H,3-4,7,9-10H2/t11-/m1/s1. The Hall–Kier alpha value is -1.32. The molecule has 0 amide bonds. The van der Waals surface area contributed by atoms with Crippen LogP contribution in [0.1, 0.15) is 12.8 Å². The summed E-state index contributed by atoms with van der Waals surface area (Å²) in [4.78, 5) is 6.73. The predicted molar refractivity (Wildman–Crippen MR) is 78.8 cm³/mol. The molecule has 0 bridgehead atoms. The normalized spacial score (nSPS) is 19.9. The maximum atomic E-state index is 9.31. The van der Waals surface area contributed by atoms with Crippen molar-refractivity contribution in [1.82, 2.24) is 4.98 Å². The summed E-state index contributed by atoms with van der Waals surface area (Å²) in [5, 5.41) is 12.0. The summed E-state index contributed by atoms with van der Waals surface area (Å²) in [5.74, 6) is 1.27. The lowest BCUT2D eigenvalue weighted by molar-refractivity contribution is 0.208. The van der Waals surface area contributed by atoms with Gasteiger partial charge < -0.3 is 10.0 Å². The van der Waals surface area contributed by atoms with Crippen molar-refractivity contribution < 1.29 is 5.11 Å². The zero-order valence-electron chi connectivity index (χ0n) is 10.7. The average Bonchev–Trinajstić information content (AvgIpc) is 2.47. The van der Waals surface area contributed by atoms with Gasteiger partial charge in [-0.2, -0.15) is 0 Å². The second-order valence-corrected chi connectivity index (χ2v) is 5.49. The van der Waals surface area contributed by atoms with Crippen LogP contribution >= 0.6 is 11.6 Å². The molecule has 1 aliphatic heterocycles. The molecule has 1 aromatic carbocycles. The van der Waals surface area contributed by atoms with Crippen molar-refractivity contribution in [3.05, 3.63) is 35.5 Å². The fourth-order valence-electron chi connectivity index (χ4n) is 2.73. The number of hydrogen-bond donors (Lipinski definition) is 1. The lowest BCUT2D eigenvalue weighted by Gasteiger charge is -2.33. The van der Waals surface area contributed by atoms with Crippen LogP contribution in [0.5, 0.6) is 0 Å². The summed E-state index contributed by atoms with van der Waals surface area (Å²) < 4.78 is 0. The molecule has 1 atom stereocenters. The molecule has 0 unspecified atom stereocenters. The third-order valence-electron chi connectivity index (χ3n) is 3.78. The minimum absolute atomic E-state index is 0.248. The molecule has 0 aliphatic carbocycles. The van der Waals surface area contributed by atoms with Gasteiger partial charge in [-0.05, 0) is 30.2 Å². The first-order valence-corrected chi connectivity index (χ1v) is 7.07. The second kappa shape index (κ2) is 5.35. The molecule has 19 heavy (non-hydrogen) atoms. The maximum Gasteiger partial charge on any atom is 0.139 e. The molecule has 100 valence electrons. The summed E-state index contributed by atoms with van der Waals surface area (Å²) in [7, 11) is 0. The van der Waals surface area contributed by atoms with Crippen molar-refractivity contribution in [3.8, 4) is 0 Å². The van der Waals surface area contributed by atoms with E-state index in [4.69, 9.17) is 11.6 Å². The summed E-state index contributed by atoms with van der Waals surface area (Å²) >= 11 is 6.26. The molecule has 1 N–H and O–H groups in total. The van der Waals surface area contributed by atoms with Crippen molar-refractivity contribution in [3.63, 3.8) is 0 Å². The highest BCUT2D eigenvalue weighted by Gasteiger charge is 2.20. The molecule has 1 aromatic heterocycles. The highest BCUT2D eigenvalue weighted by Crippen LogP contribution is 2.28. The molecule has 1 fully saturated rings. The Labute approximate surface area is 117 Å². The smallest absolute Gasteiger partial charge is 0.139 e. The summed E-state index contributed by atoms with van der Waals surface area (Å²) in [6, 6.07) is 10.1. The van der Waals surface area contributed by atoms with Crippen molar-refractivity contribution in [2.75, 3.05) is 24.6 Å². The Morgan fingerprint density at radius 3 is 3.05 bits per heavy atom. The third kappa shape index (κ3) is 2.53. The molecule has 2 aromatic rings. The lowest BCUT2D eigenvalue weighted by atomic mass is 9.99. The second-order valence-electron chi connectivity index (χ2n) is 5.13. The van der Waals surface area contributed by atoms with Gasteiger partial charge in [-0.3, -0.25) is 0 Å². The monoisotopic (exact) mass is 276 g/mol. The quantitative estimate of drug-likeness (QED) is 0.857. The number of benzene rings is 1. The average molecular weight is 277 g/mol. The van der Waals surface area contributed by atoms with Crippen LogP contribution in [0, 0.1) is 5.92 Å². The highest BCUT2D eigenvalue weighted by atomic mass is 35.5. The molecule has 0 radical (unpaired) electrons. The van der Waals surface area contributed by atoms with Gasteiger partial charge >= 0.3 is 0 Å². The number of rotatable bonds is 2. The van der Waals surface area contributed by atoms with Crippen molar-refractivity contribution in [2.45, 2.75) is 12.8 Å². The van der Waals surface area contributed by atoms with Gasteiger partial charge in [-0.1, -0.05) is 35.9 Å². The predicted octanol–water partition coefficient (Wildman–Crippen LogP) is 3.10. The van der Waals surface area contributed by atoms with Crippen LogP contribution < -0.4 is 4.90 Å². The molecular formula is C15H17ClN2O. The van der Waals surface area contributed by atoms with Crippen LogP contribution in [0.4, 0.5) is 5.82 Å². The molecule has 4 heteroatoms. The molecule has 3 rings (SSSR count). The first-order valence-electron chi connectivity index (χ1n) is 6.69. The minimum atomic E-state index is 0.248. The van der Waals surface area contributed by atoms with Crippen molar-refractivity contribution in [2.24, 2.45) is 5.92 Å². The van der Waals surface area contributed by atoms with E-state index in [0.717, 1.165) is 42.5 Å². The highest BCUT2D eigenvalue weighted by molar-refractivity contribution is 6.34. The number of anilines is 1. The zero-order valence-corrected chi connectivity index (χ0v) is 11.5. The molecule has 2 heterocycles.